The maximum Gasteiger partial charge on any atom is 0.210 e. The average Bonchev–Trinajstić information content (AvgIpc) is 2.43. The number of hydrogen-bond acceptors (Lipinski definition) is 3. The molecule has 0 heterocycles. The predicted molar refractivity (Wildman–Crippen MR) is 66.8 cm³/mol. The molecule has 1 aromatic carbocycles. The molecule has 0 saturated heterocycles. The van der Waals surface area contributed by atoms with Crippen molar-refractivity contribution in [2.24, 2.45) is 5.11 Å². The van der Waals surface area contributed by atoms with Crippen molar-refractivity contribution in [2.45, 2.75) is 19.5 Å². The van der Waals surface area contributed by atoms with Crippen LogP contribution in [0.4, 0.5) is 0 Å². The zero-order chi connectivity index (χ0) is 13.4. The lowest BCUT2D eigenvalue weighted by Gasteiger charge is -2.22. The molecule has 0 fully saturated rings. The number of ketones is 1. The minimum atomic E-state index is -0.625. The zero-order valence-electron chi connectivity index (χ0n) is 10.1. The maximum absolute atomic E-state index is 11.9. The molecule has 0 bridgehead atoms. The van der Waals surface area contributed by atoms with Gasteiger partial charge in [-0.25, -0.2) is 0 Å². The normalized spacial score (nSPS) is 11.2. The van der Waals surface area contributed by atoms with Crippen LogP contribution in [-0.4, -0.2) is 29.8 Å². The van der Waals surface area contributed by atoms with Crippen LogP contribution in [0.1, 0.15) is 23.7 Å². The van der Waals surface area contributed by atoms with E-state index in [0.717, 1.165) is 0 Å². The van der Waals surface area contributed by atoms with E-state index in [0.29, 0.717) is 18.4 Å². The highest BCUT2D eigenvalue weighted by Gasteiger charge is 2.17. The first-order valence-corrected chi connectivity index (χ1v) is 5.56. The summed E-state index contributed by atoms with van der Waals surface area (Å²) in [5, 5.41) is 3.48. The molecule has 0 spiro atoms. The zero-order valence-corrected chi connectivity index (χ0v) is 10.1. The fourth-order valence-electron chi connectivity index (χ4n) is 1.54. The molecule has 1 unspecified atom stereocenters. The highest BCUT2D eigenvalue weighted by atomic mass is 16.1. The standard InChI is InChI=1S/C12H14N4O2/c1-2-12(14-15-13)16(9-17)8-11(18)10-6-4-3-5-7-10/h3-7,9,12H,2,8H2,1H3. The number of nitrogens with zero attached hydrogens (tertiary/aromatic N) is 4. The van der Waals surface area contributed by atoms with Crippen LogP contribution < -0.4 is 0 Å². The van der Waals surface area contributed by atoms with Crippen molar-refractivity contribution in [1.29, 1.82) is 0 Å². The van der Waals surface area contributed by atoms with Crippen LogP contribution in [0, 0.1) is 0 Å². The van der Waals surface area contributed by atoms with Gasteiger partial charge in [-0.05, 0) is 12.0 Å². The van der Waals surface area contributed by atoms with E-state index in [1.54, 1.807) is 31.2 Å². The van der Waals surface area contributed by atoms with Crippen molar-refractivity contribution in [3.63, 3.8) is 0 Å². The fraction of sp³-hybridized carbons (Fsp3) is 0.333. The molecule has 1 aromatic rings. The number of carbonyl (C=O) groups is 2. The van der Waals surface area contributed by atoms with Crippen LogP contribution >= 0.6 is 0 Å². The molecule has 1 atom stereocenters. The van der Waals surface area contributed by atoms with Gasteiger partial charge in [-0.2, -0.15) is 0 Å². The third-order valence-electron chi connectivity index (χ3n) is 2.49. The topological polar surface area (TPSA) is 86.1 Å². The van der Waals surface area contributed by atoms with Crippen LogP contribution in [0.3, 0.4) is 0 Å². The Bertz CT molecular complexity index is 454. The quantitative estimate of drug-likeness (QED) is 0.243. The molecule has 1 amide bonds. The Morgan fingerprint density at radius 1 is 1.50 bits per heavy atom. The van der Waals surface area contributed by atoms with Crippen LogP contribution in [0.15, 0.2) is 35.4 Å². The van der Waals surface area contributed by atoms with Crippen molar-refractivity contribution >= 4 is 12.2 Å². The SMILES string of the molecule is CCC(N=[N+]=[N-])N(C=O)CC(=O)c1ccccc1. The maximum atomic E-state index is 11.9. The van der Waals surface area contributed by atoms with Crippen LogP contribution in [0.5, 0.6) is 0 Å². The fourth-order valence-corrected chi connectivity index (χ4v) is 1.54. The highest BCUT2D eigenvalue weighted by molar-refractivity contribution is 5.98. The monoisotopic (exact) mass is 246 g/mol. The van der Waals surface area contributed by atoms with E-state index in [1.165, 1.54) is 4.90 Å². The van der Waals surface area contributed by atoms with Gasteiger partial charge in [0.15, 0.2) is 5.78 Å². The molecule has 0 aliphatic heterocycles. The summed E-state index contributed by atoms with van der Waals surface area (Å²) < 4.78 is 0. The van der Waals surface area contributed by atoms with E-state index in [-0.39, 0.29) is 12.3 Å². The molecule has 0 aliphatic rings. The molecule has 1 rings (SSSR count). The van der Waals surface area contributed by atoms with Gasteiger partial charge in [0.05, 0.1) is 6.54 Å². The van der Waals surface area contributed by atoms with E-state index in [2.05, 4.69) is 10.0 Å². The van der Waals surface area contributed by atoms with Crippen molar-refractivity contribution in [3.05, 3.63) is 46.3 Å². The van der Waals surface area contributed by atoms with Gasteiger partial charge in [0, 0.05) is 10.5 Å². The van der Waals surface area contributed by atoms with Crippen molar-refractivity contribution < 1.29 is 9.59 Å². The molecule has 0 N–H and O–H groups in total. The Morgan fingerprint density at radius 3 is 2.67 bits per heavy atom. The Labute approximate surface area is 105 Å². The molecule has 6 nitrogen and oxygen atoms in total. The Hall–Kier alpha value is -2.33. The van der Waals surface area contributed by atoms with E-state index < -0.39 is 6.17 Å². The summed E-state index contributed by atoms with van der Waals surface area (Å²) in [5.74, 6) is -0.186. The first-order valence-electron chi connectivity index (χ1n) is 5.56. The lowest BCUT2D eigenvalue weighted by atomic mass is 10.1. The van der Waals surface area contributed by atoms with E-state index >= 15 is 0 Å². The first kappa shape index (κ1) is 13.7. The largest absolute Gasteiger partial charge is 0.329 e. The molecule has 6 heteroatoms. The lowest BCUT2D eigenvalue weighted by Crippen LogP contribution is -2.36. The van der Waals surface area contributed by atoms with Gasteiger partial charge in [-0.1, -0.05) is 42.4 Å². The number of benzene rings is 1. The Kier molecular flexibility index (Phi) is 5.41. The molecule has 18 heavy (non-hydrogen) atoms. The van der Waals surface area contributed by atoms with Gasteiger partial charge in [-0.15, -0.1) is 0 Å². The molecular weight excluding hydrogens is 232 g/mol. The average molecular weight is 246 g/mol. The van der Waals surface area contributed by atoms with Gasteiger partial charge in [-0.3, -0.25) is 9.59 Å². The van der Waals surface area contributed by atoms with Gasteiger partial charge < -0.3 is 4.90 Å². The number of amides is 1. The van der Waals surface area contributed by atoms with Gasteiger partial charge in [0.1, 0.15) is 6.17 Å². The third-order valence-corrected chi connectivity index (χ3v) is 2.49. The molecule has 0 aliphatic carbocycles. The number of hydrogen-bond donors (Lipinski definition) is 0. The summed E-state index contributed by atoms with van der Waals surface area (Å²) in [5.41, 5.74) is 8.92. The Balaban J connectivity index is 2.77. The summed E-state index contributed by atoms with van der Waals surface area (Å²) in [7, 11) is 0. The van der Waals surface area contributed by atoms with Gasteiger partial charge in [0.2, 0.25) is 6.41 Å². The van der Waals surface area contributed by atoms with E-state index in [9.17, 15) is 9.59 Å². The second kappa shape index (κ2) is 7.09. The molecule has 0 saturated carbocycles. The van der Waals surface area contributed by atoms with E-state index in [1.807, 2.05) is 6.07 Å². The number of azide groups is 1. The van der Waals surface area contributed by atoms with Crippen molar-refractivity contribution in [1.82, 2.24) is 4.90 Å². The third kappa shape index (κ3) is 3.61. The number of rotatable bonds is 7. The van der Waals surface area contributed by atoms with E-state index in [4.69, 9.17) is 5.53 Å². The van der Waals surface area contributed by atoms with Crippen LogP contribution in [0.25, 0.3) is 10.4 Å². The summed E-state index contributed by atoms with van der Waals surface area (Å²) in [6.45, 7) is 1.69. The van der Waals surface area contributed by atoms with Crippen molar-refractivity contribution in [3.8, 4) is 0 Å². The highest BCUT2D eigenvalue weighted by Crippen LogP contribution is 2.07. The second-order valence-corrected chi connectivity index (χ2v) is 3.66. The summed E-state index contributed by atoms with van der Waals surface area (Å²) >= 11 is 0. The smallest absolute Gasteiger partial charge is 0.210 e. The second-order valence-electron chi connectivity index (χ2n) is 3.66. The van der Waals surface area contributed by atoms with Crippen LogP contribution in [0.2, 0.25) is 0 Å². The van der Waals surface area contributed by atoms with Gasteiger partial charge >= 0.3 is 0 Å². The van der Waals surface area contributed by atoms with Crippen LogP contribution in [-0.2, 0) is 4.79 Å². The van der Waals surface area contributed by atoms with Gasteiger partial charge in [0.25, 0.3) is 0 Å². The minimum absolute atomic E-state index is 0.0922. The summed E-state index contributed by atoms with van der Waals surface area (Å²) in [4.78, 5) is 26.7. The molecular formula is C12H14N4O2. The molecule has 0 aromatic heterocycles. The lowest BCUT2D eigenvalue weighted by molar-refractivity contribution is -0.119. The summed E-state index contributed by atoms with van der Waals surface area (Å²) in [6.07, 6.45) is 0.370. The molecule has 94 valence electrons. The Morgan fingerprint density at radius 2 is 2.17 bits per heavy atom. The number of Topliss-reactive ketones (excluding diaryl/α,β-unsaturated/α-hetero) is 1. The summed E-state index contributed by atoms with van der Waals surface area (Å²) in [6, 6.07) is 8.68. The number of carbonyl (C=O) groups excluding carboxylic acids is 2. The molecule has 0 radical (unpaired) electrons. The van der Waals surface area contributed by atoms with Crippen molar-refractivity contribution in [2.75, 3.05) is 6.54 Å². The predicted octanol–water partition coefficient (Wildman–Crippen LogP) is 2.37. The first-order chi connectivity index (χ1) is 8.72. The minimum Gasteiger partial charge on any atom is -0.329 e.